The number of carbonyl (C=O) groups excluding carboxylic acids is 2. The van der Waals surface area contributed by atoms with E-state index in [1.165, 1.54) is 0 Å². The lowest BCUT2D eigenvalue weighted by Crippen LogP contribution is -2.26. The fourth-order valence-electron chi connectivity index (χ4n) is 5.25. The van der Waals surface area contributed by atoms with Crippen LogP contribution in [0.4, 0.5) is 0 Å². The maximum Gasteiger partial charge on any atom is 0.306 e. The zero-order valence-electron chi connectivity index (χ0n) is 36.2. The minimum Gasteiger partial charge on any atom is -0.461 e. The van der Waals surface area contributed by atoms with Crippen LogP contribution in [0.15, 0.2) is 102 Å². The molecule has 0 spiro atoms. The van der Waals surface area contributed by atoms with Crippen molar-refractivity contribution in [3.8, 4) is 0 Å². The van der Waals surface area contributed by atoms with Crippen molar-refractivity contribution < 1.29 is 38.0 Å². The molecule has 0 saturated carbocycles. The van der Waals surface area contributed by atoms with Crippen LogP contribution in [0.3, 0.4) is 0 Å². The average molecular weight is 825 g/mol. The van der Waals surface area contributed by atoms with Crippen LogP contribution in [0.1, 0.15) is 89.9 Å². The first-order valence-corrected chi connectivity index (χ1v) is 21.5. The van der Waals surface area contributed by atoms with E-state index < -0.39 is 0 Å². The minimum atomic E-state index is -0.203. The first-order valence-electron chi connectivity index (χ1n) is 21.5. The van der Waals surface area contributed by atoms with E-state index in [2.05, 4.69) is 60.4 Å². The minimum absolute atomic E-state index is 0.00353. The number of nitrogens with zero attached hydrogens (tertiary/aromatic N) is 2. The van der Waals surface area contributed by atoms with Crippen LogP contribution >= 0.6 is 0 Å². The summed E-state index contributed by atoms with van der Waals surface area (Å²) in [5.41, 5.74) is 11.0. The van der Waals surface area contributed by atoms with E-state index >= 15 is 0 Å². The molecule has 1 aliphatic rings. The number of aliphatic imine (C=N–C) groups is 1. The molecule has 0 radical (unpaired) electrons. The van der Waals surface area contributed by atoms with Gasteiger partial charge in [-0.15, -0.1) is 0 Å². The molecule has 1 heterocycles. The number of ether oxygens (including phenoxy) is 6. The maximum absolute atomic E-state index is 12.1. The van der Waals surface area contributed by atoms with E-state index in [0.29, 0.717) is 78.3 Å². The number of allylic oxidation sites excluding steroid dienone is 12. The largest absolute Gasteiger partial charge is 0.461 e. The van der Waals surface area contributed by atoms with E-state index in [4.69, 9.17) is 39.9 Å². The second kappa shape index (κ2) is 40.7. The number of cyclic esters (lactones) is 2. The quantitative estimate of drug-likeness (QED) is 0.117. The van der Waals surface area contributed by atoms with Crippen LogP contribution in [0.5, 0.6) is 0 Å². The van der Waals surface area contributed by atoms with Crippen molar-refractivity contribution in [2.24, 2.45) is 16.5 Å². The molecule has 0 bridgehead atoms. The molecule has 0 aromatic carbocycles. The summed E-state index contributed by atoms with van der Waals surface area (Å²) in [6, 6.07) is 0. The predicted octanol–water partition coefficient (Wildman–Crippen LogP) is 7.64. The molecule has 0 aromatic heterocycles. The monoisotopic (exact) mass is 825 g/mol. The zero-order valence-corrected chi connectivity index (χ0v) is 36.2. The van der Waals surface area contributed by atoms with Gasteiger partial charge in [-0.05, 0) is 91.1 Å². The van der Waals surface area contributed by atoms with Gasteiger partial charge in [-0.3, -0.25) is 14.6 Å². The Morgan fingerprint density at radius 3 is 1.61 bits per heavy atom. The standard InChI is InChI=1S/C47H76N4O8/c1-51(2)34-32-44-42-55-36-24-16-11-5-13-21-29-45(52)58-39-27-19-9-3-7-15-23-35-54-41-43(31-33-50-47(48)49)56-37-25-17-8-4-10-20-28-40-59-46(53)30-22-14-6-12-18-26-38-57-44/h3-8,13-14,16,18-20,24,26-28,43-44H,9-12,15,17,21-23,25,29-42H2,1-2H3,(H4,48,49,50). The molecule has 12 nitrogen and oxygen atoms in total. The van der Waals surface area contributed by atoms with Crippen molar-refractivity contribution >= 4 is 17.9 Å². The number of rotatable bonds is 6. The van der Waals surface area contributed by atoms with Crippen LogP contribution in [-0.4, -0.2) is 115 Å². The summed E-state index contributed by atoms with van der Waals surface area (Å²) in [7, 11) is 4.10. The molecule has 4 N–H and O–H groups in total. The van der Waals surface area contributed by atoms with Gasteiger partial charge in [0.05, 0.1) is 38.6 Å². The Morgan fingerprint density at radius 2 is 1.05 bits per heavy atom. The Kier molecular flexibility index (Phi) is 36.5. The van der Waals surface area contributed by atoms with Crippen molar-refractivity contribution in [2.75, 3.05) is 80.0 Å². The van der Waals surface area contributed by atoms with Gasteiger partial charge in [-0.1, -0.05) is 97.2 Å². The molecule has 1 aliphatic heterocycles. The van der Waals surface area contributed by atoms with Crippen molar-refractivity contribution in [1.29, 1.82) is 0 Å². The maximum atomic E-state index is 12.1. The van der Waals surface area contributed by atoms with Gasteiger partial charge in [-0.2, -0.15) is 0 Å². The van der Waals surface area contributed by atoms with E-state index in [0.717, 1.165) is 64.3 Å². The third-order valence-electron chi connectivity index (χ3n) is 8.55. The Hall–Kier alpha value is -4.07. The molecule has 1 rings (SSSR count). The van der Waals surface area contributed by atoms with Crippen molar-refractivity contribution in [3.05, 3.63) is 97.2 Å². The highest BCUT2D eigenvalue weighted by Gasteiger charge is 2.10. The molecule has 0 amide bonds. The van der Waals surface area contributed by atoms with Crippen LogP contribution in [-0.2, 0) is 38.0 Å². The first kappa shape index (κ1) is 52.9. The number of hydrogen-bond acceptors (Lipinski definition) is 10. The zero-order chi connectivity index (χ0) is 42.7. The third-order valence-corrected chi connectivity index (χ3v) is 8.55. The average Bonchev–Trinajstić information content (AvgIpc) is 3.21. The molecular weight excluding hydrogens is 749 g/mol. The molecule has 0 fully saturated rings. The summed E-state index contributed by atoms with van der Waals surface area (Å²) in [5, 5.41) is 0. The van der Waals surface area contributed by atoms with Crippen molar-refractivity contribution in [3.63, 3.8) is 0 Å². The second-order valence-electron chi connectivity index (χ2n) is 14.2. The molecule has 0 saturated heterocycles. The summed E-state index contributed by atoms with van der Waals surface area (Å²) in [6.07, 6.45) is 42.7. The molecule has 12 heteroatoms. The van der Waals surface area contributed by atoms with E-state index in [1.54, 1.807) is 0 Å². The lowest BCUT2D eigenvalue weighted by atomic mass is 10.2. The Labute approximate surface area is 355 Å². The lowest BCUT2D eigenvalue weighted by molar-refractivity contribution is -0.143. The van der Waals surface area contributed by atoms with E-state index in [-0.39, 0.29) is 43.3 Å². The first-order chi connectivity index (χ1) is 28.9. The van der Waals surface area contributed by atoms with Crippen LogP contribution < -0.4 is 11.5 Å². The number of guanidine groups is 1. The Balaban J connectivity index is 2.59. The fraction of sp³-hybridized carbons (Fsp3) is 0.596. The van der Waals surface area contributed by atoms with Gasteiger partial charge in [0, 0.05) is 39.1 Å². The number of hydrogen-bond donors (Lipinski definition) is 2. The third kappa shape index (κ3) is 39.2. The Morgan fingerprint density at radius 1 is 0.576 bits per heavy atom. The topological polar surface area (TPSA) is 157 Å². The summed E-state index contributed by atoms with van der Waals surface area (Å²) < 4.78 is 34.6. The Bertz CT molecular complexity index is 1310. The highest BCUT2D eigenvalue weighted by atomic mass is 16.5. The van der Waals surface area contributed by atoms with Gasteiger partial charge >= 0.3 is 11.9 Å². The van der Waals surface area contributed by atoms with E-state index in [9.17, 15) is 9.59 Å². The number of esters is 2. The van der Waals surface area contributed by atoms with Gasteiger partial charge in [-0.25, -0.2) is 0 Å². The van der Waals surface area contributed by atoms with Crippen LogP contribution in [0.2, 0.25) is 0 Å². The van der Waals surface area contributed by atoms with Crippen LogP contribution in [0, 0.1) is 0 Å². The lowest BCUT2D eigenvalue weighted by Gasteiger charge is -2.19. The molecule has 2 unspecified atom stereocenters. The van der Waals surface area contributed by atoms with Gasteiger partial charge in [0.25, 0.3) is 0 Å². The highest BCUT2D eigenvalue weighted by Crippen LogP contribution is 2.06. The van der Waals surface area contributed by atoms with Crippen molar-refractivity contribution in [1.82, 2.24) is 4.90 Å². The fourth-order valence-corrected chi connectivity index (χ4v) is 5.25. The summed E-state index contributed by atoms with van der Waals surface area (Å²) >= 11 is 0. The van der Waals surface area contributed by atoms with Gasteiger partial charge < -0.3 is 44.8 Å². The van der Waals surface area contributed by atoms with E-state index in [1.807, 2.05) is 60.8 Å². The number of nitrogens with two attached hydrogens (primary N) is 2. The van der Waals surface area contributed by atoms with Gasteiger partial charge in [0.1, 0.15) is 13.2 Å². The SMILES string of the molecule is CN(C)CCC1COCC=CCC=CCCC(=O)OCC=CCC=CCCCOCC(CCN=C(N)N)OCCCC=CCC=CCOC(=O)CCC=CCC=CCO1. The second-order valence-corrected chi connectivity index (χ2v) is 14.2. The predicted molar refractivity (Wildman–Crippen MR) is 240 cm³/mol. The summed E-state index contributed by atoms with van der Waals surface area (Å²) in [6.45, 7) is 5.27. The van der Waals surface area contributed by atoms with Crippen LogP contribution in [0.25, 0.3) is 0 Å². The summed E-state index contributed by atoms with van der Waals surface area (Å²) in [4.78, 5) is 30.4. The van der Waals surface area contributed by atoms with Gasteiger partial charge in [0.15, 0.2) is 5.96 Å². The molecule has 59 heavy (non-hydrogen) atoms. The van der Waals surface area contributed by atoms with Crippen molar-refractivity contribution in [2.45, 2.75) is 102 Å². The number of carbonyl (C=O) groups is 2. The summed E-state index contributed by atoms with van der Waals surface area (Å²) in [5.74, 6) is -0.331. The molecule has 2 atom stereocenters. The molecule has 332 valence electrons. The van der Waals surface area contributed by atoms with Gasteiger partial charge in [0.2, 0.25) is 0 Å². The highest BCUT2D eigenvalue weighted by molar-refractivity contribution is 5.75. The molecular formula is C47H76N4O8. The normalized spacial score (nSPS) is 21.5. The molecule has 0 aliphatic carbocycles. The molecule has 0 aromatic rings. The smallest absolute Gasteiger partial charge is 0.306 e.